The first-order chi connectivity index (χ1) is 16.0. The van der Waals surface area contributed by atoms with Gasteiger partial charge in [-0.15, -0.1) is 0 Å². The summed E-state index contributed by atoms with van der Waals surface area (Å²) in [7, 11) is 0. The lowest BCUT2D eigenvalue weighted by Crippen LogP contribution is -2.37. The third kappa shape index (κ3) is 4.92. The third-order valence-electron chi connectivity index (χ3n) is 5.75. The zero-order valence-electron chi connectivity index (χ0n) is 19.3. The number of esters is 1. The lowest BCUT2D eigenvalue weighted by molar-refractivity contribution is -0.131. The molecule has 2 heterocycles. The maximum absolute atomic E-state index is 13.1. The highest BCUT2D eigenvalue weighted by atomic mass is 16.5. The van der Waals surface area contributed by atoms with Crippen molar-refractivity contribution in [1.82, 2.24) is 14.7 Å². The highest BCUT2D eigenvalue weighted by Crippen LogP contribution is 2.27. The molecule has 1 aliphatic rings. The SMILES string of the molecule is CCOC(=O)c1nn(-c2ccc(C)cc2)c2c1CN(C(=O)Cc1ccc(OCC)cc1)CC2. The van der Waals surface area contributed by atoms with E-state index in [0.717, 1.165) is 33.8 Å². The molecule has 7 nitrogen and oxygen atoms in total. The van der Waals surface area contributed by atoms with E-state index in [0.29, 0.717) is 32.5 Å². The number of aryl methyl sites for hydroxylation is 1. The van der Waals surface area contributed by atoms with Crippen LogP contribution in [-0.4, -0.2) is 46.3 Å². The summed E-state index contributed by atoms with van der Waals surface area (Å²) in [4.78, 5) is 27.5. The van der Waals surface area contributed by atoms with Gasteiger partial charge in [-0.1, -0.05) is 29.8 Å². The van der Waals surface area contributed by atoms with E-state index in [1.165, 1.54) is 0 Å². The quantitative estimate of drug-likeness (QED) is 0.514. The number of rotatable bonds is 7. The average molecular weight is 448 g/mol. The van der Waals surface area contributed by atoms with E-state index in [4.69, 9.17) is 9.47 Å². The van der Waals surface area contributed by atoms with Gasteiger partial charge >= 0.3 is 5.97 Å². The van der Waals surface area contributed by atoms with E-state index < -0.39 is 5.97 Å². The Bertz CT molecular complexity index is 1130. The van der Waals surface area contributed by atoms with Gasteiger partial charge in [-0.3, -0.25) is 4.79 Å². The molecule has 172 valence electrons. The molecule has 1 amide bonds. The van der Waals surface area contributed by atoms with Crippen LogP contribution >= 0.6 is 0 Å². The number of carbonyl (C=O) groups excluding carboxylic acids is 2. The highest BCUT2D eigenvalue weighted by molar-refractivity contribution is 5.90. The van der Waals surface area contributed by atoms with Gasteiger partial charge in [0.1, 0.15) is 5.75 Å². The molecule has 0 atom stereocenters. The zero-order chi connectivity index (χ0) is 23.4. The first-order valence-electron chi connectivity index (χ1n) is 11.3. The summed E-state index contributed by atoms with van der Waals surface area (Å²) in [6.45, 7) is 7.52. The number of hydrogen-bond donors (Lipinski definition) is 0. The number of ether oxygens (including phenoxy) is 2. The Morgan fingerprint density at radius 1 is 1.00 bits per heavy atom. The molecule has 0 bridgehead atoms. The van der Waals surface area contributed by atoms with Crippen molar-refractivity contribution < 1.29 is 19.1 Å². The molecule has 0 saturated heterocycles. The minimum Gasteiger partial charge on any atom is -0.494 e. The largest absolute Gasteiger partial charge is 0.494 e. The van der Waals surface area contributed by atoms with Gasteiger partial charge in [0.05, 0.1) is 31.0 Å². The van der Waals surface area contributed by atoms with Crippen LogP contribution in [0.1, 0.15) is 46.7 Å². The van der Waals surface area contributed by atoms with E-state index >= 15 is 0 Å². The molecule has 1 aromatic heterocycles. The van der Waals surface area contributed by atoms with Crippen molar-refractivity contribution in [3.05, 3.63) is 76.6 Å². The first-order valence-corrected chi connectivity index (χ1v) is 11.3. The van der Waals surface area contributed by atoms with Gasteiger partial charge in [-0.2, -0.15) is 5.10 Å². The number of benzene rings is 2. The summed E-state index contributed by atoms with van der Waals surface area (Å²) in [5, 5.41) is 4.61. The number of nitrogens with zero attached hydrogens (tertiary/aromatic N) is 3. The van der Waals surface area contributed by atoms with E-state index in [-0.39, 0.29) is 18.2 Å². The second-order valence-electron chi connectivity index (χ2n) is 8.06. The lowest BCUT2D eigenvalue weighted by atomic mass is 10.0. The predicted molar refractivity (Wildman–Crippen MR) is 125 cm³/mol. The van der Waals surface area contributed by atoms with Gasteiger partial charge in [-0.25, -0.2) is 9.48 Å². The minimum atomic E-state index is -0.458. The third-order valence-corrected chi connectivity index (χ3v) is 5.75. The molecular weight excluding hydrogens is 418 g/mol. The number of amides is 1. The number of carbonyl (C=O) groups is 2. The number of aromatic nitrogens is 2. The number of fused-ring (bicyclic) bond motifs is 1. The summed E-state index contributed by atoms with van der Waals surface area (Å²) in [6, 6.07) is 15.6. The predicted octanol–water partition coefficient (Wildman–Crippen LogP) is 3.88. The van der Waals surface area contributed by atoms with E-state index in [2.05, 4.69) is 5.10 Å². The minimum absolute atomic E-state index is 0.0164. The van der Waals surface area contributed by atoms with Crippen LogP contribution in [0.2, 0.25) is 0 Å². The average Bonchev–Trinajstić information content (AvgIpc) is 3.20. The van der Waals surface area contributed by atoms with E-state index in [9.17, 15) is 9.59 Å². The van der Waals surface area contributed by atoms with Gasteiger partial charge in [0.2, 0.25) is 5.91 Å². The van der Waals surface area contributed by atoms with E-state index in [1.807, 2.05) is 67.1 Å². The fourth-order valence-electron chi connectivity index (χ4n) is 4.05. The molecule has 0 spiro atoms. The number of hydrogen-bond acceptors (Lipinski definition) is 5. The van der Waals surface area contributed by atoms with Crippen molar-refractivity contribution in [2.24, 2.45) is 0 Å². The fraction of sp³-hybridized carbons (Fsp3) is 0.346. The maximum atomic E-state index is 13.1. The maximum Gasteiger partial charge on any atom is 0.359 e. The van der Waals surface area contributed by atoms with Crippen LogP contribution in [0.15, 0.2) is 48.5 Å². The molecule has 0 fully saturated rings. The molecule has 3 aromatic rings. The Morgan fingerprint density at radius 3 is 2.39 bits per heavy atom. The van der Waals surface area contributed by atoms with Crippen molar-refractivity contribution in [2.75, 3.05) is 19.8 Å². The summed E-state index contributed by atoms with van der Waals surface area (Å²) in [5.41, 5.74) is 4.96. The highest BCUT2D eigenvalue weighted by Gasteiger charge is 2.31. The fourth-order valence-corrected chi connectivity index (χ4v) is 4.05. The molecule has 0 N–H and O–H groups in total. The normalized spacial score (nSPS) is 12.9. The van der Waals surface area contributed by atoms with Gasteiger partial charge in [0.25, 0.3) is 0 Å². The Hall–Kier alpha value is -3.61. The Balaban J connectivity index is 1.58. The molecule has 33 heavy (non-hydrogen) atoms. The van der Waals surface area contributed by atoms with Gasteiger partial charge in [0.15, 0.2) is 5.69 Å². The molecule has 0 saturated carbocycles. The van der Waals surface area contributed by atoms with Crippen LogP contribution < -0.4 is 4.74 Å². The second kappa shape index (κ2) is 9.90. The molecule has 4 rings (SSSR count). The zero-order valence-corrected chi connectivity index (χ0v) is 19.3. The lowest BCUT2D eigenvalue weighted by Gasteiger charge is -2.28. The standard InChI is InChI=1S/C26H29N3O4/c1-4-32-21-12-8-19(9-13-21)16-24(30)28-15-14-23-22(17-28)25(26(31)33-5-2)27-29(23)20-10-6-18(3)7-11-20/h6-13H,4-5,14-17H2,1-3H3. The Morgan fingerprint density at radius 2 is 1.73 bits per heavy atom. The van der Waals surface area contributed by atoms with Gasteiger partial charge < -0.3 is 14.4 Å². The Kier molecular flexibility index (Phi) is 6.77. The first kappa shape index (κ1) is 22.6. The van der Waals surface area contributed by atoms with Crippen LogP contribution in [0.3, 0.4) is 0 Å². The monoisotopic (exact) mass is 447 g/mol. The molecule has 0 aliphatic carbocycles. The molecular formula is C26H29N3O4. The second-order valence-corrected chi connectivity index (χ2v) is 8.06. The van der Waals surface area contributed by atoms with Crippen molar-refractivity contribution in [3.63, 3.8) is 0 Å². The van der Waals surface area contributed by atoms with Crippen molar-refractivity contribution in [3.8, 4) is 11.4 Å². The summed E-state index contributed by atoms with van der Waals surface area (Å²) < 4.78 is 12.5. The van der Waals surface area contributed by atoms with Crippen molar-refractivity contribution >= 4 is 11.9 Å². The molecule has 7 heteroatoms. The van der Waals surface area contributed by atoms with Gasteiger partial charge in [-0.05, 0) is 50.6 Å². The smallest absolute Gasteiger partial charge is 0.359 e. The molecule has 0 radical (unpaired) electrons. The molecule has 2 aromatic carbocycles. The van der Waals surface area contributed by atoms with Crippen LogP contribution in [0.4, 0.5) is 0 Å². The van der Waals surface area contributed by atoms with E-state index in [1.54, 1.807) is 11.8 Å². The molecule has 1 aliphatic heterocycles. The van der Waals surface area contributed by atoms with Crippen molar-refractivity contribution in [2.45, 2.75) is 40.2 Å². The summed E-state index contributed by atoms with van der Waals surface area (Å²) in [6.07, 6.45) is 0.910. The molecule has 0 unspecified atom stereocenters. The van der Waals surface area contributed by atoms with Crippen LogP contribution in [0.25, 0.3) is 5.69 Å². The van der Waals surface area contributed by atoms with Crippen LogP contribution in [-0.2, 0) is 28.9 Å². The van der Waals surface area contributed by atoms with Crippen LogP contribution in [0.5, 0.6) is 5.75 Å². The summed E-state index contributed by atoms with van der Waals surface area (Å²) in [5.74, 6) is 0.349. The topological polar surface area (TPSA) is 73.7 Å². The van der Waals surface area contributed by atoms with Gasteiger partial charge in [0, 0.05) is 25.1 Å². The van der Waals surface area contributed by atoms with Crippen LogP contribution in [0, 0.1) is 6.92 Å². The summed E-state index contributed by atoms with van der Waals surface area (Å²) >= 11 is 0. The Labute approximate surface area is 193 Å². The van der Waals surface area contributed by atoms with Crippen molar-refractivity contribution in [1.29, 1.82) is 0 Å².